The van der Waals surface area contributed by atoms with E-state index in [9.17, 15) is 9.90 Å². The first-order valence-electron chi connectivity index (χ1n) is 6.62. The number of aromatic carboxylic acids is 1. The third-order valence-electron chi connectivity index (χ3n) is 3.27. The minimum Gasteiger partial charge on any atom is -0.478 e. The highest BCUT2D eigenvalue weighted by Gasteiger charge is 2.12. The number of carboxylic acid groups (broad SMARTS) is 1. The van der Waals surface area contributed by atoms with Crippen LogP contribution >= 0.6 is 27.5 Å². The Morgan fingerprint density at radius 3 is 2.64 bits per heavy atom. The van der Waals surface area contributed by atoms with Crippen molar-refractivity contribution in [2.45, 2.75) is 12.6 Å². The molecule has 0 aromatic heterocycles. The van der Waals surface area contributed by atoms with Gasteiger partial charge >= 0.3 is 5.97 Å². The number of halogens is 2. The fourth-order valence-electron chi connectivity index (χ4n) is 2.07. The van der Waals surface area contributed by atoms with Gasteiger partial charge in [0.15, 0.2) is 0 Å². The summed E-state index contributed by atoms with van der Waals surface area (Å²) >= 11 is 9.33. The highest BCUT2D eigenvalue weighted by molar-refractivity contribution is 9.10. The molecule has 6 heteroatoms. The molecule has 0 aliphatic rings. The first-order chi connectivity index (χ1) is 10.5. The molecule has 0 saturated carbocycles. The molecule has 0 heterocycles. The van der Waals surface area contributed by atoms with Crippen LogP contribution in [0.4, 0.5) is 0 Å². The lowest BCUT2D eigenvalue weighted by molar-refractivity contribution is 0.0697. The quantitative estimate of drug-likeness (QED) is 0.711. The number of rotatable bonds is 6. The summed E-state index contributed by atoms with van der Waals surface area (Å²) in [6, 6.07) is 11.9. The van der Waals surface area contributed by atoms with E-state index in [1.807, 2.05) is 12.1 Å². The van der Waals surface area contributed by atoms with Crippen LogP contribution in [-0.2, 0) is 6.54 Å². The van der Waals surface area contributed by atoms with Crippen molar-refractivity contribution < 1.29 is 15.0 Å². The van der Waals surface area contributed by atoms with E-state index in [1.54, 1.807) is 30.3 Å². The summed E-state index contributed by atoms with van der Waals surface area (Å²) in [6.45, 7) is 0.420. The van der Waals surface area contributed by atoms with Gasteiger partial charge in [-0.3, -0.25) is 0 Å². The lowest BCUT2D eigenvalue weighted by atomic mass is 10.1. The molecule has 116 valence electrons. The van der Waals surface area contributed by atoms with Crippen LogP contribution in [-0.4, -0.2) is 22.8 Å². The monoisotopic (exact) mass is 383 g/mol. The Hall–Kier alpha value is -1.40. The van der Waals surface area contributed by atoms with Crippen LogP contribution < -0.4 is 5.32 Å². The van der Waals surface area contributed by atoms with Gasteiger partial charge in [-0.25, -0.2) is 4.79 Å². The maximum absolute atomic E-state index is 10.9. The summed E-state index contributed by atoms with van der Waals surface area (Å²) in [7, 11) is 0. The molecule has 0 radical (unpaired) electrons. The average Bonchev–Trinajstić information content (AvgIpc) is 2.49. The van der Waals surface area contributed by atoms with Crippen LogP contribution in [0, 0.1) is 0 Å². The number of aliphatic hydroxyl groups is 1. The molecule has 0 fully saturated rings. The van der Waals surface area contributed by atoms with Gasteiger partial charge in [0.1, 0.15) is 0 Å². The second-order valence-corrected chi connectivity index (χ2v) is 6.07. The Balaban J connectivity index is 2.09. The van der Waals surface area contributed by atoms with Crippen LogP contribution in [0.1, 0.15) is 27.5 Å². The van der Waals surface area contributed by atoms with E-state index >= 15 is 0 Å². The molecule has 0 spiro atoms. The standard InChI is InChI=1S/C16H15BrClNO3/c17-14-7-11(16(21)22)4-5-12(14)8-19-15(9-20)10-2-1-3-13(18)6-10/h1-7,15,19-20H,8-9H2,(H,21,22)/t15-/m1/s1. The summed E-state index contributed by atoms with van der Waals surface area (Å²) < 4.78 is 0.711. The number of aliphatic hydroxyl groups excluding tert-OH is 1. The molecule has 0 amide bonds. The van der Waals surface area contributed by atoms with E-state index in [0.29, 0.717) is 16.0 Å². The van der Waals surface area contributed by atoms with E-state index in [-0.39, 0.29) is 18.2 Å². The molecule has 0 unspecified atom stereocenters. The normalized spacial score (nSPS) is 12.1. The Morgan fingerprint density at radius 2 is 2.05 bits per heavy atom. The third-order valence-corrected chi connectivity index (χ3v) is 4.25. The lowest BCUT2D eigenvalue weighted by Crippen LogP contribution is -2.24. The van der Waals surface area contributed by atoms with Crippen molar-refractivity contribution in [2.75, 3.05) is 6.61 Å². The van der Waals surface area contributed by atoms with Crippen LogP contribution in [0.25, 0.3) is 0 Å². The molecule has 0 aliphatic carbocycles. The number of carbonyl (C=O) groups is 1. The van der Waals surface area contributed by atoms with E-state index in [2.05, 4.69) is 21.2 Å². The molecule has 0 bridgehead atoms. The number of hydrogen-bond acceptors (Lipinski definition) is 3. The van der Waals surface area contributed by atoms with E-state index < -0.39 is 5.97 Å². The Morgan fingerprint density at radius 1 is 1.27 bits per heavy atom. The van der Waals surface area contributed by atoms with Gasteiger partial charge in [0.25, 0.3) is 0 Å². The van der Waals surface area contributed by atoms with Crippen molar-refractivity contribution in [1.29, 1.82) is 0 Å². The van der Waals surface area contributed by atoms with Crippen molar-refractivity contribution in [2.24, 2.45) is 0 Å². The van der Waals surface area contributed by atoms with Gasteiger partial charge in [0.2, 0.25) is 0 Å². The van der Waals surface area contributed by atoms with Gasteiger partial charge in [-0.15, -0.1) is 0 Å². The maximum Gasteiger partial charge on any atom is 0.335 e. The van der Waals surface area contributed by atoms with Crippen LogP contribution in [0.2, 0.25) is 5.02 Å². The van der Waals surface area contributed by atoms with Crippen molar-refractivity contribution in [3.8, 4) is 0 Å². The maximum atomic E-state index is 10.9. The second kappa shape index (κ2) is 7.74. The zero-order chi connectivity index (χ0) is 16.1. The number of carboxylic acids is 1. The summed E-state index contributed by atoms with van der Waals surface area (Å²) in [5, 5.41) is 22.3. The van der Waals surface area contributed by atoms with E-state index in [0.717, 1.165) is 11.1 Å². The van der Waals surface area contributed by atoms with Crippen molar-refractivity contribution in [1.82, 2.24) is 5.32 Å². The molecule has 0 saturated heterocycles. The second-order valence-electron chi connectivity index (χ2n) is 4.78. The molecule has 3 N–H and O–H groups in total. The van der Waals surface area contributed by atoms with Crippen LogP contribution in [0.15, 0.2) is 46.9 Å². The van der Waals surface area contributed by atoms with Crippen LogP contribution in [0.3, 0.4) is 0 Å². The third kappa shape index (κ3) is 4.30. The van der Waals surface area contributed by atoms with E-state index in [4.69, 9.17) is 16.7 Å². The molecular formula is C16H15BrClNO3. The van der Waals surface area contributed by atoms with Crippen molar-refractivity contribution in [3.05, 3.63) is 68.7 Å². The fourth-order valence-corrected chi connectivity index (χ4v) is 2.79. The minimum absolute atomic E-state index is 0.0643. The molecule has 1 atom stereocenters. The number of hydrogen-bond donors (Lipinski definition) is 3. The molecule has 4 nitrogen and oxygen atoms in total. The predicted molar refractivity (Wildman–Crippen MR) is 89.2 cm³/mol. The zero-order valence-electron chi connectivity index (χ0n) is 11.6. The molecule has 2 rings (SSSR count). The number of nitrogens with one attached hydrogen (secondary N) is 1. The highest BCUT2D eigenvalue weighted by Crippen LogP contribution is 2.21. The predicted octanol–water partition coefficient (Wildman–Crippen LogP) is 3.62. The van der Waals surface area contributed by atoms with Crippen LogP contribution in [0.5, 0.6) is 0 Å². The van der Waals surface area contributed by atoms with Gasteiger partial charge in [-0.05, 0) is 35.4 Å². The first kappa shape index (κ1) is 17.0. The SMILES string of the molecule is O=C(O)c1ccc(CN[C@H](CO)c2cccc(Cl)c2)c(Br)c1. The Bertz CT molecular complexity index is 678. The first-order valence-corrected chi connectivity index (χ1v) is 7.79. The molecule has 2 aromatic carbocycles. The summed E-state index contributed by atoms with van der Waals surface area (Å²) in [4.78, 5) is 10.9. The minimum atomic E-state index is -0.965. The van der Waals surface area contributed by atoms with Gasteiger partial charge < -0.3 is 15.5 Å². The van der Waals surface area contributed by atoms with Gasteiger partial charge in [0, 0.05) is 16.0 Å². The van der Waals surface area contributed by atoms with Gasteiger partial charge in [-0.1, -0.05) is 45.7 Å². The van der Waals surface area contributed by atoms with Gasteiger partial charge in [-0.2, -0.15) is 0 Å². The molecule has 22 heavy (non-hydrogen) atoms. The smallest absolute Gasteiger partial charge is 0.335 e. The highest BCUT2D eigenvalue weighted by atomic mass is 79.9. The van der Waals surface area contributed by atoms with Crippen molar-refractivity contribution >= 4 is 33.5 Å². The summed E-state index contributed by atoms with van der Waals surface area (Å²) in [5.41, 5.74) is 2.03. The van der Waals surface area contributed by atoms with E-state index in [1.165, 1.54) is 0 Å². The molecule has 2 aromatic rings. The fraction of sp³-hybridized carbons (Fsp3) is 0.188. The Kier molecular flexibility index (Phi) is 5.97. The Labute approximate surface area is 141 Å². The average molecular weight is 385 g/mol. The summed E-state index contributed by atoms with van der Waals surface area (Å²) in [5.74, 6) is -0.965. The molecule has 0 aliphatic heterocycles. The van der Waals surface area contributed by atoms with Gasteiger partial charge in [0.05, 0.1) is 18.2 Å². The largest absolute Gasteiger partial charge is 0.478 e. The molecular weight excluding hydrogens is 370 g/mol. The lowest BCUT2D eigenvalue weighted by Gasteiger charge is -2.17. The zero-order valence-corrected chi connectivity index (χ0v) is 13.9. The number of benzene rings is 2. The topological polar surface area (TPSA) is 69.6 Å². The van der Waals surface area contributed by atoms with Crippen molar-refractivity contribution in [3.63, 3.8) is 0 Å². The summed E-state index contributed by atoms with van der Waals surface area (Å²) in [6.07, 6.45) is 0.